The molecule has 0 N–H and O–H groups in total. The molecular formula is C13H13ClN2. The van der Waals surface area contributed by atoms with Gasteiger partial charge in [-0.05, 0) is 25.0 Å². The normalized spacial score (nSPS) is 10.4. The number of hydrogen-bond acceptors (Lipinski definition) is 2. The van der Waals surface area contributed by atoms with Gasteiger partial charge in [0, 0.05) is 11.1 Å². The van der Waals surface area contributed by atoms with Crippen molar-refractivity contribution in [3.05, 3.63) is 46.9 Å². The standard InChI is InChI=1S/C13H13ClN2/c1-3-10-5-4-6-11(7-10)12-9(2)13(14)16-8-15-12/h4-8H,3H2,1-2H3. The summed E-state index contributed by atoms with van der Waals surface area (Å²) in [5.74, 6) is 0. The van der Waals surface area contributed by atoms with Crippen LogP contribution in [-0.2, 0) is 6.42 Å². The minimum atomic E-state index is 0.520. The quantitative estimate of drug-likeness (QED) is 0.739. The average molecular weight is 233 g/mol. The second kappa shape index (κ2) is 4.62. The second-order valence-corrected chi connectivity index (χ2v) is 4.05. The van der Waals surface area contributed by atoms with Gasteiger partial charge >= 0.3 is 0 Å². The predicted octanol–water partition coefficient (Wildman–Crippen LogP) is 3.67. The van der Waals surface area contributed by atoms with Crippen molar-refractivity contribution in [2.75, 3.05) is 0 Å². The Hall–Kier alpha value is -1.41. The van der Waals surface area contributed by atoms with E-state index in [1.165, 1.54) is 11.9 Å². The lowest BCUT2D eigenvalue weighted by Gasteiger charge is -2.06. The summed E-state index contributed by atoms with van der Waals surface area (Å²) in [7, 11) is 0. The third kappa shape index (κ3) is 2.07. The van der Waals surface area contributed by atoms with Crippen LogP contribution in [0.4, 0.5) is 0 Å². The highest BCUT2D eigenvalue weighted by atomic mass is 35.5. The van der Waals surface area contributed by atoms with Crippen LogP contribution in [0.25, 0.3) is 11.3 Å². The summed E-state index contributed by atoms with van der Waals surface area (Å²) in [6, 6.07) is 8.35. The fourth-order valence-corrected chi connectivity index (χ4v) is 1.79. The highest BCUT2D eigenvalue weighted by molar-refractivity contribution is 6.30. The average Bonchev–Trinajstić information content (AvgIpc) is 2.33. The van der Waals surface area contributed by atoms with Crippen LogP contribution in [0.15, 0.2) is 30.6 Å². The Morgan fingerprint density at radius 1 is 1.25 bits per heavy atom. The molecule has 16 heavy (non-hydrogen) atoms. The van der Waals surface area contributed by atoms with Gasteiger partial charge in [-0.15, -0.1) is 0 Å². The van der Waals surface area contributed by atoms with Crippen molar-refractivity contribution in [1.82, 2.24) is 9.97 Å². The van der Waals surface area contributed by atoms with Gasteiger partial charge in [-0.25, -0.2) is 9.97 Å². The number of halogens is 1. The Kier molecular flexibility index (Phi) is 3.20. The first-order chi connectivity index (χ1) is 7.72. The smallest absolute Gasteiger partial charge is 0.135 e. The first-order valence-corrected chi connectivity index (χ1v) is 5.66. The van der Waals surface area contributed by atoms with Crippen molar-refractivity contribution in [3.63, 3.8) is 0 Å². The molecule has 0 saturated carbocycles. The van der Waals surface area contributed by atoms with Crippen molar-refractivity contribution in [3.8, 4) is 11.3 Å². The number of rotatable bonds is 2. The van der Waals surface area contributed by atoms with Crippen molar-refractivity contribution in [2.45, 2.75) is 20.3 Å². The summed E-state index contributed by atoms with van der Waals surface area (Å²) in [6.45, 7) is 4.08. The van der Waals surface area contributed by atoms with Crippen LogP contribution in [0.5, 0.6) is 0 Å². The zero-order valence-corrected chi connectivity index (χ0v) is 10.1. The van der Waals surface area contributed by atoms with Gasteiger partial charge in [0.2, 0.25) is 0 Å². The van der Waals surface area contributed by atoms with Crippen LogP contribution < -0.4 is 0 Å². The molecule has 0 bridgehead atoms. The third-order valence-corrected chi connectivity index (χ3v) is 3.01. The summed E-state index contributed by atoms with van der Waals surface area (Å²) in [6.07, 6.45) is 2.52. The second-order valence-electron chi connectivity index (χ2n) is 3.69. The lowest BCUT2D eigenvalue weighted by molar-refractivity contribution is 1.12. The van der Waals surface area contributed by atoms with Gasteiger partial charge in [0.05, 0.1) is 5.69 Å². The molecule has 0 saturated heterocycles. The van der Waals surface area contributed by atoms with Gasteiger partial charge in [0.25, 0.3) is 0 Å². The fourth-order valence-electron chi connectivity index (χ4n) is 1.66. The zero-order chi connectivity index (χ0) is 11.5. The van der Waals surface area contributed by atoms with E-state index >= 15 is 0 Å². The summed E-state index contributed by atoms with van der Waals surface area (Å²) in [5, 5.41) is 0.520. The van der Waals surface area contributed by atoms with Crippen molar-refractivity contribution >= 4 is 11.6 Å². The summed E-state index contributed by atoms with van der Waals surface area (Å²) in [4.78, 5) is 8.25. The summed E-state index contributed by atoms with van der Waals surface area (Å²) < 4.78 is 0. The van der Waals surface area contributed by atoms with E-state index in [2.05, 4.69) is 29.0 Å². The van der Waals surface area contributed by atoms with Crippen LogP contribution in [0.2, 0.25) is 5.15 Å². The van der Waals surface area contributed by atoms with Crippen LogP contribution >= 0.6 is 11.6 Å². The number of hydrogen-bond donors (Lipinski definition) is 0. The molecule has 0 fully saturated rings. The van der Waals surface area contributed by atoms with Gasteiger partial charge in [-0.1, -0.05) is 36.7 Å². The molecule has 1 heterocycles. The molecule has 1 aromatic carbocycles. The molecule has 2 rings (SSSR count). The van der Waals surface area contributed by atoms with E-state index in [1.54, 1.807) is 0 Å². The van der Waals surface area contributed by atoms with Crippen LogP contribution in [-0.4, -0.2) is 9.97 Å². The minimum Gasteiger partial charge on any atom is -0.236 e. The fraction of sp³-hybridized carbons (Fsp3) is 0.231. The van der Waals surface area contributed by atoms with E-state index in [-0.39, 0.29) is 0 Å². The molecule has 0 spiro atoms. The third-order valence-electron chi connectivity index (χ3n) is 2.63. The monoisotopic (exact) mass is 232 g/mol. The molecule has 0 aliphatic rings. The SMILES string of the molecule is CCc1cccc(-c2ncnc(Cl)c2C)c1. The Balaban J connectivity index is 2.54. The van der Waals surface area contributed by atoms with Gasteiger partial charge in [0.1, 0.15) is 11.5 Å². The molecular weight excluding hydrogens is 220 g/mol. The van der Waals surface area contributed by atoms with E-state index in [0.29, 0.717) is 5.15 Å². The number of aryl methyl sites for hydroxylation is 1. The van der Waals surface area contributed by atoms with Crippen LogP contribution in [0.1, 0.15) is 18.1 Å². The van der Waals surface area contributed by atoms with Gasteiger partial charge in [-0.3, -0.25) is 0 Å². The van der Waals surface area contributed by atoms with E-state index in [9.17, 15) is 0 Å². The van der Waals surface area contributed by atoms with Crippen LogP contribution in [0.3, 0.4) is 0 Å². The predicted molar refractivity (Wildman–Crippen MR) is 66.6 cm³/mol. The zero-order valence-electron chi connectivity index (χ0n) is 9.37. The van der Waals surface area contributed by atoms with Crippen molar-refractivity contribution in [1.29, 1.82) is 0 Å². The molecule has 0 unspecified atom stereocenters. The van der Waals surface area contributed by atoms with Crippen molar-refractivity contribution in [2.24, 2.45) is 0 Å². The number of aromatic nitrogens is 2. The Labute approximate surface area is 100 Å². The van der Waals surface area contributed by atoms with E-state index in [0.717, 1.165) is 23.2 Å². The minimum absolute atomic E-state index is 0.520. The van der Waals surface area contributed by atoms with Gasteiger partial charge in [0.15, 0.2) is 0 Å². The molecule has 0 aliphatic heterocycles. The van der Waals surface area contributed by atoms with E-state index in [4.69, 9.17) is 11.6 Å². The summed E-state index contributed by atoms with van der Waals surface area (Å²) >= 11 is 5.99. The van der Waals surface area contributed by atoms with Gasteiger partial charge < -0.3 is 0 Å². The molecule has 1 aromatic heterocycles. The molecule has 0 radical (unpaired) electrons. The maximum atomic E-state index is 5.99. The van der Waals surface area contributed by atoms with E-state index < -0.39 is 0 Å². The van der Waals surface area contributed by atoms with Crippen molar-refractivity contribution < 1.29 is 0 Å². The largest absolute Gasteiger partial charge is 0.236 e. The topological polar surface area (TPSA) is 25.8 Å². The summed E-state index contributed by atoms with van der Waals surface area (Å²) in [5.41, 5.74) is 4.24. The number of nitrogens with zero attached hydrogens (tertiary/aromatic N) is 2. The highest BCUT2D eigenvalue weighted by Crippen LogP contribution is 2.25. The first kappa shape index (κ1) is 11.1. The van der Waals surface area contributed by atoms with Gasteiger partial charge in [-0.2, -0.15) is 0 Å². The Bertz CT molecular complexity index is 509. The number of benzene rings is 1. The lowest BCUT2D eigenvalue weighted by atomic mass is 10.0. The molecule has 0 atom stereocenters. The Morgan fingerprint density at radius 2 is 2.06 bits per heavy atom. The molecule has 3 heteroatoms. The maximum absolute atomic E-state index is 5.99. The molecule has 2 nitrogen and oxygen atoms in total. The molecule has 0 aliphatic carbocycles. The molecule has 82 valence electrons. The molecule has 2 aromatic rings. The maximum Gasteiger partial charge on any atom is 0.135 e. The first-order valence-electron chi connectivity index (χ1n) is 5.28. The molecule has 0 amide bonds. The Morgan fingerprint density at radius 3 is 2.81 bits per heavy atom. The van der Waals surface area contributed by atoms with Crippen LogP contribution in [0, 0.1) is 6.92 Å². The highest BCUT2D eigenvalue weighted by Gasteiger charge is 2.07. The van der Waals surface area contributed by atoms with E-state index in [1.807, 2.05) is 19.1 Å². The lowest BCUT2D eigenvalue weighted by Crippen LogP contribution is -1.92.